The molecule has 58 valence electrons. The summed E-state index contributed by atoms with van der Waals surface area (Å²) in [4.78, 5) is 13.7. The summed E-state index contributed by atoms with van der Waals surface area (Å²) in [6, 6.07) is 0. The third-order valence-corrected chi connectivity index (χ3v) is 0.921. The van der Waals surface area contributed by atoms with Crippen molar-refractivity contribution >= 4 is 12.2 Å². The molecule has 10 heavy (non-hydrogen) atoms. The average molecular weight is 143 g/mol. The van der Waals surface area contributed by atoms with Crippen LogP contribution in [0.3, 0.4) is 0 Å². The van der Waals surface area contributed by atoms with Crippen LogP contribution in [0.25, 0.3) is 0 Å². The minimum absolute atomic E-state index is 0.305. The van der Waals surface area contributed by atoms with Gasteiger partial charge in [-0.3, -0.25) is 4.99 Å². The van der Waals surface area contributed by atoms with E-state index in [2.05, 4.69) is 15.6 Å². The van der Waals surface area contributed by atoms with Crippen molar-refractivity contribution in [1.29, 1.82) is 0 Å². The number of rotatable bonds is 3. The molecule has 0 aromatic heterocycles. The van der Waals surface area contributed by atoms with Gasteiger partial charge < -0.3 is 15.4 Å². The Labute approximate surface area is 60.7 Å². The third-order valence-electron chi connectivity index (χ3n) is 0.921. The molecule has 0 aromatic carbocycles. The van der Waals surface area contributed by atoms with Crippen LogP contribution in [0.15, 0.2) is 4.99 Å². The normalized spacial score (nSPS) is 10.8. The van der Waals surface area contributed by atoms with E-state index in [1.54, 1.807) is 7.05 Å². The Balaban J connectivity index is 3.51. The van der Waals surface area contributed by atoms with Gasteiger partial charge in [-0.2, -0.15) is 0 Å². The number of nitrogens with zero attached hydrogens (tertiary/aromatic N) is 1. The zero-order valence-corrected chi connectivity index (χ0v) is 6.35. The van der Waals surface area contributed by atoms with Crippen molar-refractivity contribution in [1.82, 2.24) is 10.6 Å². The molecular weight excluding hydrogens is 130 g/mol. The van der Waals surface area contributed by atoms with Gasteiger partial charge >= 0.3 is 0 Å². The highest BCUT2D eigenvalue weighted by molar-refractivity contribution is 5.81. The molecule has 0 unspecified atom stereocenters. The second kappa shape index (κ2) is 6.07. The van der Waals surface area contributed by atoms with Crippen molar-refractivity contribution in [3.63, 3.8) is 0 Å². The SMILES string of the molecule is CCNC(=NC)NCC=O. The maximum Gasteiger partial charge on any atom is 0.191 e. The molecule has 4 heteroatoms. The van der Waals surface area contributed by atoms with Gasteiger partial charge in [0, 0.05) is 13.6 Å². The monoisotopic (exact) mass is 143 g/mol. The van der Waals surface area contributed by atoms with E-state index in [0.717, 1.165) is 12.8 Å². The number of nitrogens with one attached hydrogen (secondary N) is 2. The van der Waals surface area contributed by atoms with Crippen molar-refractivity contribution < 1.29 is 4.79 Å². The first kappa shape index (κ1) is 8.94. The number of hydrogen-bond donors (Lipinski definition) is 2. The maximum absolute atomic E-state index is 9.88. The summed E-state index contributed by atoms with van der Waals surface area (Å²) in [7, 11) is 1.66. The lowest BCUT2D eigenvalue weighted by molar-refractivity contribution is -0.106. The van der Waals surface area contributed by atoms with Crippen LogP contribution in [0, 0.1) is 0 Å². The Morgan fingerprint density at radius 1 is 1.60 bits per heavy atom. The highest BCUT2D eigenvalue weighted by atomic mass is 16.1. The Hall–Kier alpha value is -1.06. The fourth-order valence-electron chi connectivity index (χ4n) is 0.526. The van der Waals surface area contributed by atoms with Crippen LogP contribution in [0.5, 0.6) is 0 Å². The van der Waals surface area contributed by atoms with Crippen LogP contribution in [0.1, 0.15) is 6.92 Å². The van der Waals surface area contributed by atoms with E-state index in [1.807, 2.05) is 6.92 Å². The van der Waals surface area contributed by atoms with Gasteiger partial charge in [0.25, 0.3) is 0 Å². The molecule has 2 N–H and O–H groups in total. The topological polar surface area (TPSA) is 53.5 Å². The van der Waals surface area contributed by atoms with Gasteiger partial charge in [-0.05, 0) is 6.92 Å². The number of carbonyl (C=O) groups is 1. The van der Waals surface area contributed by atoms with E-state index in [4.69, 9.17) is 0 Å². The lowest BCUT2D eigenvalue weighted by atomic mass is 10.6. The molecule has 0 bridgehead atoms. The Morgan fingerprint density at radius 2 is 2.30 bits per heavy atom. The first-order valence-electron chi connectivity index (χ1n) is 3.23. The highest BCUT2D eigenvalue weighted by Gasteiger charge is 1.89. The van der Waals surface area contributed by atoms with Crippen molar-refractivity contribution in [2.75, 3.05) is 20.1 Å². The standard InChI is InChI=1S/C6H13N3O/c1-3-8-6(7-2)9-4-5-10/h5H,3-4H2,1-2H3,(H2,7,8,9). The zero-order valence-electron chi connectivity index (χ0n) is 6.35. The van der Waals surface area contributed by atoms with E-state index < -0.39 is 0 Å². The molecule has 0 atom stereocenters. The van der Waals surface area contributed by atoms with E-state index in [1.165, 1.54) is 0 Å². The number of hydrogen-bond acceptors (Lipinski definition) is 2. The lowest BCUT2D eigenvalue weighted by Gasteiger charge is -2.05. The van der Waals surface area contributed by atoms with Crippen LogP contribution in [-0.4, -0.2) is 32.4 Å². The van der Waals surface area contributed by atoms with Crippen LogP contribution >= 0.6 is 0 Å². The number of aliphatic imine (C=N–C) groups is 1. The van der Waals surface area contributed by atoms with Gasteiger partial charge in [0.2, 0.25) is 0 Å². The number of carbonyl (C=O) groups excluding carboxylic acids is 1. The van der Waals surface area contributed by atoms with Crippen LogP contribution in [0.4, 0.5) is 0 Å². The summed E-state index contributed by atoms with van der Waals surface area (Å²) in [6.07, 6.45) is 0.794. The molecule has 0 heterocycles. The quantitative estimate of drug-likeness (QED) is 0.314. The fraction of sp³-hybridized carbons (Fsp3) is 0.667. The molecule has 0 aliphatic rings. The lowest BCUT2D eigenvalue weighted by Crippen LogP contribution is -2.37. The predicted molar refractivity (Wildman–Crippen MR) is 41.1 cm³/mol. The van der Waals surface area contributed by atoms with Crippen molar-refractivity contribution in [2.45, 2.75) is 6.92 Å². The molecule has 0 amide bonds. The van der Waals surface area contributed by atoms with E-state index in [-0.39, 0.29) is 0 Å². The van der Waals surface area contributed by atoms with E-state index in [9.17, 15) is 4.79 Å². The molecule has 0 aromatic rings. The summed E-state index contributed by atoms with van der Waals surface area (Å²) < 4.78 is 0. The Morgan fingerprint density at radius 3 is 2.70 bits per heavy atom. The Kier molecular flexibility index (Phi) is 5.42. The van der Waals surface area contributed by atoms with Crippen LogP contribution < -0.4 is 10.6 Å². The minimum Gasteiger partial charge on any atom is -0.357 e. The second-order valence-corrected chi connectivity index (χ2v) is 1.65. The van der Waals surface area contributed by atoms with Crippen LogP contribution in [0.2, 0.25) is 0 Å². The maximum atomic E-state index is 9.88. The summed E-state index contributed by atoms with van der Waals surface area (Å²) in [5, 5.41) is 5.74. The summed E-state index contributed by atoms with van der Waals surface area (Å²) >= 11 is 0. The summed E-state index contributed by atoms with van der Waals surface area (Å²) in [5.74, 6) is 0.662. The van der Waals surface area contributed by atoms with Crippen LogP contribution in [-0.2, 0) is 4.79 Å². The molecular formula is C6H13N3O. The van der Waals surface area contributed by atoms with Gasteiger partial charge in [0.15, 0.2) is 5.96 Å². The van der Waals surface area contributed by atoms with Gasteiger partial charge in [0.05, 0.1) is 6.54 Å². The molecule has 0 saturated carbocycles. The van der Waals surface area contributed by atoms with Gasteiger partial charge in [-0.1, -0.05) is 0 Å². The van der Waals surface area contributed by atoms with E-state index >= 15 is 0 Å². The van der Waals surface area contributed by atoms with Crippen molar-refractivity contribution in [2.24, 2.45) is 4.99 Å². The van der Waals surface area contributed by atoms with E-state index in [0.29, 0.717) is 12.5 Å². The predicted octanol–water partition coefficient (Wildman–Crippen LogP) is -0.630. The fourth-order valence-corrected chi connectivity index (χ4v) is 0.526. The molecule has 0 aliphatic heterocycles. The average Bonchev–Trinajstić information content (AvgIpc) is 1.98. The van der Waals surface area contributed by atoms with Gasteiger partial charge in [0.1, 0.15) is 6.29 Å². The van der Waals surface area contributed by atoms with Crippen molar-refractivity contribution in [3.05, 3.63) is 0 Å². The summed E-state index contributed by atoms with van der Waals surface area (Å²) in [6.45, 7) is 3.08. The largest absolute Gasteiger partial charge is 0.357 e. The molecule has 0 radical (unpaired) electrons. The molecule has 0 saturated heterocycles. The molecule has 4 nitrogen and oxygen atoms in total. The van der Waals surface area contributed by atoms with Gasteiger partial charge in [-0.15, -0.1) is 0 Å². The minimum atomic E-state index is 0.305. The third kappa shape index (κ3) is 3.88. The molecule has 0 spiro atoms. The van der Waals surface area contributed by atoms with Crippen molar-refractivity contribution in [3.8, 4) is 0 Å². The summed E-state index contributed by atoms with van der Waals surface area (Å²) in [5.41, 5.74) is 0. The molecule has 0 fully saturated rings. The smallest absolute Gasteiger partial charge is 0.191 e. The number of aldehydes is 1. The first-order chi connectivity index (χ1) is 4.85. The zero-order chi connectivity index (χ0) is 7.82. The Bertz CT molecular complexity index is 122. The second-order valence-electron chi connectivity index (χ2n) is 1.65. The van der Waals surface area contributed by atoms with Gasteiger partial charge in [-0.25, -0.2) is 0 Å². The number of guanidine groups is 1. The molecule has 0 aliphatic carbocycles. The highest BCUT2D eigenvalue weighted by Crippen LogP contribution is 1.63. The molecule has 0 rings (SSSR count). The first-order valence-corrected chi connectivity index (χ1v) is 3.23.